The largest absolute Gasteiger partial charge is 0.295 e. The molecule has 2 aromatic rings. The first-order chi connectivity index (χ1) is 11.0. The number of hydrazone groups is 1. The fourth-order valence-electron chi connectivity index (χ4n) is 2.07. The molecule has 0 aliphatic carbocycles. The number of rotatable bonds is 6. The maximum absolute atomic E-state index is 12.4. The molecular formula is C16H19ClN4O2. The van der Waals surface area contributed by atoms with Crippen LogP contribution in [0.5, 0.6) is 0 Å². The lowest BCUT2D eigenvalue weighted by molar-refractivity contribution is -0.121. The number of aryl methyl sites for hydroxylation is 1. The number of carbonyl (C=O) groups is 1. The Morgan fingerprint density at radius 1 is 1.48 bits per heavy atom. The highest BCUT2D eigenvalue weighted by atomic mass is 35.5. The van der Waals surface area contributed by atoms with Gasteiger partial charge in [-0.25, -0.2) is 10.1 Å². The molecule has 1 aromatic heterocycles. The number of halogens is 1. The summed E-state index contributed by atoms with van der Waals surface area (Å²) in [5.41, 5.74) is 3.85. The maximum atomic E-state index is 12.4. The molecule has 0 spiro atoms. The summed E-state index contributed by atoms with van der Waals surface area (Å²) < 4.78 is 1.39. The van der Waals surface area contributed by atoms with Crippen LogP contribution in [0.15, 0.2) is 34.2 Å². The molecule has 0 radical (unpaired) electrons. The average Bonchev–Trinajstić information content (AvgIpc) is 2.81. The predicted molar refractivity (Wildman–Crippen MR) is 91.4 cm³/mol. The lowest BCUT2D eigenvalue weighted by Gasteiger charge is -2.01. The molecule has 7 heteroatoms. The van der Waals surface area contributed by atoms with Gasteiger partial charge in [0.25, 0.3) is 5.56 Å². The molecule has 0 bridgehead atoms. The van der Waals surface area contributed by atoms with Crippen LogP contribution in [0.25, 0.3) is 5.69 Å². The lowest BCUT2D eigenvalue weighted by Crippen LogP contribution is -2.20. The monoisotopic (exact) mass is 334 g/mol. The van der Waals surface area contributed by atoms with E-state index in [1.54, 1.807) is 31.2 Å². The van der Waals surface area contributed by atoms with Crippen molar-refractivity contribution in [1.82, 2.24) is 15.2 Å². The van der Waals surface area contributed by atoms with Gasteiger partial charge in [-0.05, 0) is 31.5 Å². The van der Waals surface area contributed by atoms with E-state index in [4.69, 9.17) is 11.6 Å². The second-order valence-electron chi connectivity index (χ2n) is 5.17. The highest BCUT2D eigenvalue weighted by Crippen LogP contribution is 2.13. The van der Waals surface area contributed by atoms with Crippen LogP contribution in [0.3, 0.4) is 0 Å². The number of unbranched alkanes of at least 4 members (excludes halogenated alkanes) is 1. The van der Waals surface area contributed by atoms with Gasteiger partial charge in [0.1, 0.15) is 0 Å². The Kier molecular flexibility index (Phi) is 5.76. The van der Waals surface area contributed by atoms with E-state index in [2.05, 4.69) is 15.6 Å². The second-order valence-corrected chi connectivity index (χ2v) is 5.60. The Morgan fingerprint density at radius 2 is 2.26 bits per heavy atom. The topological polar surface area (TPSA) is 79.2 Å². The molecule has 2 rings (SSSR count). The van der Waals surface area contributed by atoms with Crippen molar-refractivity contribution in [3.05, 3.63) is 50.9 Å². The minimum Gasteiger partial charge on any atom is -0.295 e. The van der Waals surface area contributed by atoms with Crippen LogP contribution in [0.1, 0.15) is 37.4 Å². The first-order valence-electron chi connectivity index (χ1n) is 7.42. The van der Waals surface area contributed by atoms with Gasteiger partial charge in [-0.15, -0.1) is 0 Å². The van der Waals surface area contributed by atoms with Gasteiger partial charge in [0.05, 0.1) is 17.5 Å². The fourth-order valence-corrected chi connectivity index (χ4v) is 2.26. The number of H-pyrrole nitrogens is 1. The van der Waals surface area contributed by atoms with E-state index in [1.807, 2.05) is 6.92 Å². The second kappa shape index (κ2) is 7.78. The van der Waals surface area contributed by atoms with E-state index in [1.165, 1.54) is 10.9 Å². The lowest BCUT2D eigenvalue weighted by atomic mass is 10.2. The third-order valence-corrected chi connectivity index (χ3v) is 3.56. The molecule has 0 unspecified atom stereocenters. The molecule has 6 nitrogen and oxygen atoms in total. The van der Waals surface area contributed by atoms with Gasteiger partial charge in [0.2, 0.25) is 5.91 Å². The average molecular weight is 335 g/mol. The molecular weight excluding hydrogens is 316 g/mol. The number of aromatic nitrogens is 2. The van der Waals surface area contributed by atoms with Crippen molar-refractivity contribution < 1.29 is 4.79 Å². The summed E-state index contributed by atoms with van der Waals surface area (Å²) in [6.07, 6.45) is 3.54. The normalized spacial score (nSPS) is 11.1. The number of hydrogen-bond acceptors (Lipinski definition) is 3. The minimum absolute atomic E-state index is 0.161. The van der Waals surface area contributed by atoms with Gasteiger partial charge in [0, 0.05) is 17.1 Å². The van der Waals surface area contributed by atoms with Gasteiger partial charge < -0.3 is 0 Å². The zero-order valence-corrected chi connectivity index (χ0v) is 13.9. The molecule has 122 valence electrons. The molecule has 0 saturated carbocycles. The van der Waals surface area contributed by atoms with Crippen LogP contribution in [-0.4, -0.2) is 21.9 Å². The summed E-state index contributed by atoms with van der Waals surface area (Å²) in [6.45, 7) is 3.78. The summed E-state index contributed by atoms with van der Waals surface area (Å²) in [7, 11) is 0. The van der Waals surface area contributed by atoms with Crippen molar-refractivity contribution in [2.75, 3.05) is 0 Å². The molecule has 0 atom stereocenters. The van der Waals surface area contributed by atoms with Gasteiger partial charge in [0.15, 0.2) is 0 Å². The van der Waals surface area contributed by atoms with Crippen molar-refractivity contribution in [2.24, 2.45) is 5.10 Å². The smallest absolute Gasteiger partial charge is 0.280 e. The molecule has 1 heterocycles. The quantitative estimate of drug-likeness (QED) is 0.629. The van der Waals surface area contributed by atoms with Gasteiger partial charge in [-0.2, -0.15) is 5.10 Å². The Morgan fingerprint density at radius 3 is 2.96 bits per heavy atom. The van der Waals surface area contributed by atoms with Crippen LogP contribution in [0.4, 0.5) is 0 Å². The standard InChI is InChI=1S/C16H19ClN4O2/c1-3-4-8-15(22)19-18-10-14-11(2)20-21(16(14)23)13-7-5-6-12(17)9-13/h5-7,9-10,20H,3-4,8H2,1-2H3,(H,19,22). The Labute approximate surface area is 139 Å². The van der Waals surface area contributed by atoms with Crippen LogP contribution in [-0.2, 0) is 4.79 Å². The minimum atomic E-state index is -0.253. The summed E-state index contributed by atoms with van der Waals surface area (Å²) >= 11 is 5.95. The molecule has 0 aliphatic heterocycles. The molecule has 0 fully saturated rings. The van der Waals surface area contributed by atoms with Crippen molar-refractivity contribution in [2.45, 2.75) is 33.1 Å². The van der Waals surface area contributed by atoms with E-state index in [0.717, 1.165) is 12.8 Å². The Balaban J connectivity index is 2.18. The molecule has 0 aliphatic rings. The van der Waals surface area contributed by atoms with Crippen LogP contribution in [0, 0.1) is 6.92 Å². The predicted octanol–water partition coefficient (Wildman–Crippen LogP) is 2.77. The number of hydrogen-bond donors (Lipinski definition) is 2. The number of carbonyl (C=O) groups excluding carboxylic acids is 1. The first kappa shape index (κ1) is 17.0. The SMILES string of the molecule is CCCCC(=O)NN=Cc1c(C)[nH]n(-c2cccc(Cl)c2)c1=O. The highest BCUT2D eigenvalue weighted by molar-refractivity contribution is 6.30. The molecule has 23 heavy (non-hydrogen) atoms. The zero-order valence-electron chi connectivity index (χ0n) is 13.1. The summed E-state index contributed by atoms with van der Waals surface area (Å²) in [6, 6.07) is 6.96. The third-order valence-electron chi connectivity index (χ3n) is 3.32. The van der Waals surface area contributed by atoms with E-state index in [-0.39, 0.29) is 11.5 Å². The van der Waals surface area contributed by atoms with E-state index < -0.39 is 0 Å². The van der Waals surface area contributed by atoms with Gasteiger partial charge in [-0.3, -0.25) is 14.7 Å². The molecule has 1 aromatic carbocycles. The molecule has 1 amide bonds. The van der Waals surface area contributed by atoms with Crippen molar-refractivity contribution >= 4 is 23.7 Å². The number of nitrogens with one attached hydrogen (secondary N) is 2. The maximum Gasteiger partial charge on any atom is 0.280 e. The Bertz CT molecular complexity index is 777. The van der Waals surface area contributed by atoms with E-state index >= 15 is 0 Å². The van der Waals surface area contributed by atoms with E-state index in [0.29, 0.717) is 28.4 Å². The van der Waals surface area contributed by atoms with Crippen LogP contribution in [0.2, 0.25) is 5.02 Å². The summed E-state index contributed by atoms with van der Waals surface area (Å²) in [5.74, 6) is -0.161. The number of nitrogens with zero attached hydrogens (tertiary/aromatic N) is 2. The Hall–Kier alpha value is -2.34. The van der Waals surface area contributed by atoms with Gasteiger partial charge in [-0.1, -0.05) is 31.0 Å². The van der Waals surface area contributed by atoms with Crippen molar-refractivity contribution in [3.63, 3.8) is 0 Å². The van der Waals surface area contributed by atoms with Crippen molar-refractivity contribution in [3.8, 4) is 5.69 Å². The fraction of sp³-hybridized carbons (Fsp3) is 0.312. The van der Waals surface area contributed by atoms with Crippen LogP contribution >= 0.6 is 11.6 Å². The van der Waals surface area contributed by atoms with Crippen LogP contribution < -0.4 is 11.0 Å². The molecule has 2 N–H and O–H groups in total. The summed E-state index contributed by atoms with van der Waals surface area (Å²) in [4.78, 5) is 23.9. The summed E-state index contributed by atoms with van der Waals surface area (Å²) in [5, 5.41) is 7.37. The van der Waals surface area contributed by atoms with E-state index in [9.17, 15) is 9.59 Å². The molecule has 0 saturated heterocycles. The van der Waals surface area contributed by atoms with Gasteiger partial charge >= 0.3 is 0 Å². The number of benzene rings is 1. The third kappa shape index (κ3) is 4.32. The zero-order chi connectivity index (χ0) is 16.8. The number of aromatic amines is 1. The number of amides is 1. The van der Waals surface area contributed by atoms with Crippen molar-refractivity contribution in [1.29, 1.82) is 0 Å². The first-order valence-corrected chi connectivity index (χ1v) is 7.80. The highest BCUT2D eigenvalue weighted by Gasteiger charge is 2.11.